The summed E-state index contributed by atoms with van der Waals surface area (Å²) in [6.45, 7) is 2.17. The number of thiophene rings is 1. The molecule has 0 bridgehead atoms. The Morgan fingerprint density at radius 1 is 1.16 bits per heavy atom. The summed E-state index contributed by atoms with van der Waals surface area (Å²) in [4.78, 5) is 10.1. The van der Waals surface area contributed by atoms with Crippen LogP contribution >= 0.6 is 11.3 Å². The average molecular weight is 353 g/mol. The summed E-state index contributed by atoms with van der Waals surface area (Å²) in [6.07, 6.45) is 5.74. The zero-order valence-electron chi connectivity index (χ0n) is 14.1. The summed E-state index contributed by atoms with van der Waals surface area (Å²) in [6, 6.07) is 14.6. The molecule has 0 atom stereocenters. The summed E-state index contributed by atoms with van der Waals surface area (Å²) in [7, 11) is 0. The maximum atomic E-state index is 5.95. The second kappa shape index (κ2) is 9.03. The summed E-state index contributed by atoms with van der Waals surface area (Å²) >= 11 is 1.76. The lowest BCUT2D eigenvalue weighted by atomic mass is 10.1. The lowest BCUT2D eigenvalue weighted by molar-refractivity contribution is 0.651. The molecule has 3 rings (SSSR count). The van der Waals surface area contributed by atoms with E-state index in [0.29, 0.717) is 12.5 Å². The van der Waals surface area contributed by atoms with Gasteiger partial charge in [-0.1, -0.05) is 36.4 Å². The van der Waals surface area contributed by atoms with Gasteiger partial charge in [0.25, 0.3) is 0 Å². The number of guanidine groups is 1. The van der Waals surface area contributed by atoms with E-state index in [1.807, 2.05) is 18.5 Å². The van der Waals surface area contributed by atoms with Gasteiger partial charge in [-0.05, 0) is 29.9 Å². The van der Waals surface area contributed by atoms with Crippen LogP contribution in [0.1, 0.15) is 16.3 Å². The first kappa shape index (κ1) is 17.2. The molecule has 3 N–H and O–H groups in total. The minimum Gasteiger partial charge on any atom is -0.370 e. The van der Waals surface area contributed by atoms with Crippen LogP contribution in [0.4, 0.5) is 0 Å². The molecule has 0 spiro atoms. The van der Waals surface area contributed by atoms with Crippen LogP contribution in [0.5, 0.6) is 0 Å². The highest BCUT2D eigenvalue weighted by molar-refractivity contribution is 7.09. The van der Waals surface area contributed by atoms with Crippen LogP contribution in [0, 0.1) is 0 Å². The van der Waals surface area contributed by atoms with E-state index in [-0.39, 0.29) is 0 Å². The van der Waals surface area contributed by atoms with Crippen molar-refractivity contribution in [2.24, 2.45) is 10.7 Å². The van der Waals surface area contributed by atoms with Crippen LogP contribution in [-0.2, 0) is 25.9 Å². The zero-order chi connectivity index (χ0) is 17.3. The maximum Gasteiger partial charge on any atom is 0.189 e. The van der Waals surface area contributed by atoms with Crippen LogP contribution in [0.3, 0.4) is 0 Å². The van der Waals surface area contributed by atoms with Gasteiger partial charge in [0.05, 0.1) is 0 Å². The van der Waals surface area contributed by atoms with Gasteiger partial charge in [-0.25, -0.2) is 9.98 Å². The largest absolute Gasteiger partial charge is 0.370 e. The molecule has 0 amide bonds. The number of benzene rings is 1. The van der Waals surface area contributed by atoms with Crippen molar-refractivity contribution in [1.82, 2.24) is 14.9 Å². The van der Waals surface area contributed by atoms with Crippen LogP contribution < -0.4 is 11.1 Å². The molecular weight excluding hydrogens is 330 g/mol. The highest BCUT2D eigenvalue weighted by Crippen LogP contribution is 2.08. The van der Waals surface area contributed by atoms with E-state index in [4.69, 9.17) is 5.73 Å². The standard InChI is InChI=1S/C19H23N5S/c20-19(22-10-8-17-7-4-14-25-17)23-15-18-21-11-13-24(18)12-9-16-5-2-1-3-6-16/h1-7,11,13-14H,8-10,12,15H2,(H3,20,22,23). The number of nitrogens with two attached hydrogens (primary N) is 1. The zero-order valence-corrected chi connectivity index (χ0v) is 15.0. The van der Waals surface area contributed by atoms with E-state index in [2.05, 4.69) is 61.6 Å². The molecule has 0 saturated heterocycles. The number of hydrogen-bond donors (Lipinski definition) is 2. The third kappa shape index (κ3) is 5.46. The molecule has 0 aliphatic rings. The first-order chi connectivity index (χ1) is 12.3. The van der Waals surface area contributed by atoms with Crippen molar-refractivity contribution in [2.45, 2.75) is 25.9 Å². The number of aromatic nitrogens is 2. The van der Waals surface area contributed by atoms with Crippen molar-refractivity contribution in [1.29, 1.82) is 0 Å². The summed E-state index contributed by atoms with van der Waals surface area (Å²) in [5.41, 5.74) is 7.27. The second-order valence-corrected chi connectivity index (χ2v) is 6.76. The molecule has 2 heterocycles. The predicted molar refractivity (Wildman–Crippen MR) is 104 cm³/mol. The fourth-order valence-electron chi connectivity index (χ4n) is 2.57. The minimum absolute atomic E-state index is 0.467. The molecule has 5 nitrogen and oxygen atoms in total. The summed E-state index contributed by atoms with van der Waals surface area (Å²) < 4.78 is 2.13. The van der Waals surface area contributed by atoms with Crippen LogP contribution in [0.15, 0.2) is 65.2 Å². The molecule has 1 aromatic carbocycles. The van der Waals surface area contributed by atoms with Gasteiger partial charge in [0.15, 0.2) is 5.96 Å². The van der Waals surface area contributed by atoms with Gasteiger partial charge >= 0.3 is 0 Å². The normalized spacial score (nSPS) is 11.6. The fraction of sp³-hybridized carbons (Fsp3) is 0.263. The van der Waals surface area contributed by atoms with Crippen molar-refractivity contribution in [3.05, 3.63) is 76.5 Å². The minimum atomic E-state index is 0.467. The van der Waals surface area contributed by atoms with Gasteiger partial charge < -0.3 is 15.6 Å². The van der Waals surface area contributed by atoms with Gasteiger partial charge in [0.2, 0.25) is 0 Å². The van der Waals surface area contributed by atoms with Crippen molar-refractivity contribution in [2.75, 3.05) is 6.54 Å². The maximum absolute atomic E-state index is 5.95. The Bertz CT molecular complexity index is 777. The smallest absolute Gasteiger partial charge is 0.189 e. The number of nitrogens with one attached hydrogen (secondary N) is 1. The molecule has 0 radical (unpaired) electrons. The lowest BCUT2D eigenvalue weighted by Gasteiger charge is -2.08. The first-order valence-electron chi connectivity index (χ1n) is 8.41. The molecule has 25 heavy (non-hydrogen) atoms. The van der Waals surface area contributed by atoms with Crippen LogP contribution in [-0.4, -0.2) is 22.1 Å². The molecule has 0 fully saturated rings. The van der Waals surface area contributed by atoms with E-state index in [1.165, 1.54) is 10.4 Å². The number of hydrogen-bond acceptors (Lipinski definition) is 3. The van der Waals surface area contributed by atoms with Crippen molar-refractivity contribution < 1.29 is 0 Å². The molecule has 0 aliphatic heterocycles. The van der Waals surface area contributed by atoms with Crippen molar-refractivity contribution >= 4 is 17.3 Å². The molecular formula is C19H23N5S. The van der Waals surface area contributed by atoms with Gasteiger partial charge in [0, 0.05) is 30.4 Å². The monoisotopic (exact) mass is 353 g/mol. The third-order valence-corrected chi connectivity index (χ3v) is 4.87. The molecule has 2 aromatic heterocycles. The molecule has 0 unspecified atom stereocenters. The molecule has 6 heteroatoms. The number of nitrogens with zero attached hydrogens (tertiary/aromatic N) is 3. The highest BCUT2D eigenvalue weighted by atomic mass is 32.1. The predicted octanol–water partition coefficient (Wildman–Crippen LogP) is 2.83. The topological polar surface area (TPSA) is 68.2 Å². The molecule has 130 valence electrons. The summed E-state index contributed by atoms with van der Waals surface area (Å²) in [5.74, 6) is 1.40. The molecule has 3 aromatic rings. The number of rotatable bonds is 8. The molecule has 0 saturated carbocycles. The Morgan fingerprint density at radius 3 is 2.84 bits per heavy atom. The van der Waals surface area contributed by atoms with E-state index < -0.39 is 0 Å². The number of aryl methyl sites for hydroxylation is 2. The number of imidazole rings is 1. The van der Waals surface area contributed by atoms with Gasteiger partial charge in [0.1, 0.15) is 12.4 Å². The van der Waals surface area contributed by atoms with E-state index in [0.717, 1.165) is 31.8 Å². The van der Waals surface area contributed by atoms with Crippen LogP contribution in [0.2, 0.25) is 0 Å². The van der Waals surface area contributed by atoms with Crippen molar-refractivity contribution in [3.63, 3.8) is 0 Å². The Morgan fingerprint density at radius 2 is 2.04 bits per heavy atom. The van der Waals surface area contributed by atoms with Gasteiger partial charge in [-0.3, -0.25) is 0 Å². The van der Waals surface area contributed by atoms with Gasteiger partial charge in [-0.15, -0.1) is 11.3 Å². The van der Waals surface area contributed by atoms with E-state index in [1.54, 1.807) is 11.3 Å². The highest BCUT2D eigenvalue weighted by Gasteiger charge is 2.03. The average Bonchev–Trinajstić information content (AvgIpc) is 3.31. The quantitative estimate of drug-likeness (QED) is 0.483. The van der Waals surface area contributed by atoms with Crippen LogP contribution in [0.25, 0.3) is 0 Å². The SMILES string of the molecule is NC(=NCc1nccn1CCc1ccccc1)NCCc1cccs1. The molecule has 0 aliphatic carbocycles. The van der Waals surface area contributed by atoms with E-state index in [9.17, 15) is 0 Å². The van der Waals surface area contributed by atoms with E-state index >= 15 is 0 Å². The van der Waals surface area contributed by atoms with Crippen molar-refractivity contribution in [3.8, 4) is 0 Å². The Hall–Kier alpha value is -2.60. The summed E-state index contributed by atoms with van der Waals surface area (Å²) in [5, 5.41) is 5.24. The lowest BCUT2D eigenvalue weighted by Crippen LogP contribution is -2.33. The van der Waals surface area contributed by atoms with Gasteiger partial charge in [-0.2, -0.15) is 0 Å². The Kier molecular flexibility index (Phi) is 6.23. The fourth-order valence-corrected chi connectivity index (χ4v) is 3.28. The third-order valence-electron chi connectivity index (χ3n) is 3.93. The first-order valence-corrected chi connectivity index (χ1v) is 9.29. The Balaban J connectivity index is 1.46. The Labute approximate surface area is 152 Å². The number of aliphatic imine (C=N–C) groups is 1. The second-order valence-electron chi connectivity index (χ2n) is 5.73.